The number of carbonyl (C=O) groups is 1. The molecule has 10 nitrogen and oxygen atoms in total. The zero-order chi connectivity index (χ0) is 20.0. The van der Waals surface area contributed by atoms with Crippen molar-refractivity contribution in [3.8, 4) is 0 Å². The van der Waals surface area contributed by atoms with Crippen molar-refractivity contribution in [3.63, 3.8) is 0 Å². The third-order valence-electron chi connectivity index (χ3n) is 5.15. The molecule has 148 valence electrons. The minimum absolute atomic E-state index is 0.229. The standard InChI is InChI=1S/C19H19N7O3/c1-20-16-7-15(23-12-3-2-4-14-17(12)21-9-29-14)25-18-10(8-22-26(16)18)19(28)24-11-5-6-13(11)27/h2-4,7-9,11,13,20,27H,5-6H2,1H3,(H,23,25)(H,24,28)/t11?,13-/m0/s1. The summed E-state index contributed by atoms with van der Waals surface area (Å²) in [4.78, 5) is 21.5. The summed E-state index contributed by atoms with van der Waals surface area (Å²) in [5.41, 5.74) is 2.82. The Morgan fingerprint density at radius 2 is 2.24 bits per heavy atom. The van der Waals surface area contributed by atoms with Crippen molar-refractivity contribution in [1.82, 2.24) is 24.9 Å². The number of rotatable bonds is 5. The van der Waals surface area contributed by atoms with Crippen LogP contribution in [0.1, 0.15) is 23.2 Å². The normalized spacial score (nSPS) is 18.6. The molecule has 5 rings (SSSR count). The Bertz CT molecular complexity index is 1220. The van der Waals surface area contributed by atoms with Gasteiger partial charge in [-0.15, -0.1) is 0 Å². The summed E-state index contributed by atoms with van der Waals surface area (Å²) in [5, 5.41) is 23.2. The van der Waals surface area contributed by atoms with Gasteiger partial charge in [-0.2, -0.15) is 9.61 Å². The molecule has 10 heteroatoms. The van der Waals surface area contributed by atoms with E-state index in [4.69, 9.17) is 4.42 Å². The molecule has 1 unspecified atom stereocenters. The fraction of sp³-hybridized carbons (Fsp3) is 0.263. The highest BCUT2D eigenvalue weighted by molar-refractivity contribution is 6.00. The SMILES string of the molecule is CNc1cc(Nc2cccc3ocnc23)nc2c(C(=O)NC3CC[C@@H]3O)cnn12. The Balaban J connectivity index is 1.52. The van der Waals surface area contributed by atoms with Gasteiger partial charge in [0.15, 0.2) is 17.6 Å². The predicted molar refractivity (Wildman–Crippen MR) is 106 cm³/mol. The number of aliphatic hydroxyl groups is 1. The van der Waals surface area contributed by atoms with Gasteiger partial charge < -0.3 is 25.5 Å². The van der Waals surface area contributed by atoms with Crippen LogP contribution in [0.5, 0.6) is 0 Å². The molecule has 3 heterocycles. The van der Waals surface area contributed by atoms with E-state index in [1.54, 1.807) is 17.6 Å². The predicted octanol–water partition coefficient (Wildman–Crippen LogP) is 1.91. The van der Waals surface area contributed by atoms with Crippen molar-refractivity contribution in [2.24, 2.45) is 0 Å². The maximum Gasteiger partial charge on any atom is 0.257 e. The first-order valence-corrected chi connectivity index (χ1v) is 9.29. The monoisotopic (exact) mass is 393 g/mol. The maximum absolute atomic E-state index is 12.7. The van der Waals surface area contributed by atoms with Gasteiger partial charge in [0.25, 0.3) is 5.91 Å². The lowest BCUT2D eigenvalue weighted by Gasteiger charge is -2.32. The van der Waals surface area contributed by atoms with E-state index >= 15 is 0 Å². The number of carbonyl (C=O) groups excluding carboxylic acids is 1. The number of oxazole rings is 1. The molecule has 0 radical (unpaired) electrons. The van der Waals surface area contributed by atoms with E-state index < -0.39 is 6.10 Å². The Labute approximate surface area is 164 Å². The number of hydrogen-bond donors (Lipinski definition) is 4. The van der Waals surface area contributed by atoms with Crippen LogP contribution in [0, 0.1) is 0 Å². The highest BCUT2D eigenvalue weighted by Gasteiger charge is 2.31. The Morgan fingerprint density at radius 3 is 3.00 bits per heavy atom. The number of aliphatic hydroxyl groups excluding tert-OH is 1. The van der Waals surface area contributed by atoms with Gasteiger partial charge in [0.05, 0.1) is 24.0 Å². The average Bonchev–Trinajstić information content (AvgIpc) is 3.37. The minimum Gasteiger partial charge on any atom is -0.443 e. The van der Waals surface area contributed by atoms with Crippen molar-refractivity contribution in [2.45, 2.75) is 25.0 Å². The van der Waals surface area contributed by atoms with E-state index in [2.05, 4.69) is 31.0 Å². The van der Waals surface area contributed by atoms with Gasteiger partial charge in [-0.25, -0.2) is 9.97 Å². The van der Waals surface area contributed by atoms with Crippen LogP contribution in [0.15, 0.2) is 41.3 Å². The molecule has 1 aliphatic rings. The molecule has 0 bridgehead atoms. The first-order chi connectivity index (χ1) is 14.1. The molecule has 1 fully saturated rings. The highest BCUT2D eigenvalue weighted by Crippen LogP contribution is 2.27. The zero-order valence-electron chi connectivity index (χ0n) is 15.6. The Morgan fingerprint density at radius 1 is 1.34 bits per heavy atom. The summed E-state index contributed by atoms with van der Waals surface area (Å²) in [6.07, 6.45) is 3.83. The molecular formula is C19H19N7O3. The second-order valence-corrected chi connectivity index (χ2v) is 6.92. The number of nitrogens with zero attached hydrogens (tertiary/aromatic N) is 4. The number of anilines is 3. The van der Waals surface area contributed by atoms with E-state index in [0.29, 0.717) is 40.4 Å². The van der Waals surface area contributed by atoms with Crippen LogP contribution in [0.2, 0.25) is 0 Å². The third-order valence-corrected chi connectivity index (χ3v) is 5.15. The molecule has 2 atom stereocenters. The number of aromatic nitrogens is 4. The third kappa shape index (κ3) is 2.93. The molecule has 4 aromatic rings. The van der Waals surface area contributed by atoms with Gasteiger partial charge >= 0.3 is 0 Å². The van der Waals surface area contributed by atoms with Gasteiger partial charge in [-0.3, -0.25) is 4.79 Å². The van der Waals surface area contributed by atoms with Crippen molar-refractivity contribution in [2.75, 3.05) is 17.7 Å². The number of nitrogens with one attached hydrogen (secondary N) is 3. The highest BCUT2D eigenvalue weighted by atomic mass is 16.3. The number of hydrogen-bond acceptors (Lipinski definition) is 8. The maximum atomic E-state index is 12.7. The topological polar surface area (TPSA) is 130 Å². The Hall–Kier alpha value is -3.66. The van der Waals surface area contributed by atoms with E-state index in [1.807, 2.05) is 18.2 Å². The molecule has 0 spiro atoms. The lowest BCUT2D eigenvalue weighted by atomic mass is 9.89. The van der Waals surface area contributed by atoms with E-state index in [1.165, 1.54) is 12.6 Å². The lowest BCUT2D eigenvalue weighted by Crippen LogP contribution is -2.50. The number of amides is 1. The number of para-hydroxylation sites is 1. The van der Waals surface area contributed by atoms with Gasteiger partial charge in [0.1, 0.15) is 22.7 Å². The van der Waals surface area contributed by atoms with Gasteiger partial charge in [0, 0.05) is 13.1 Å². The van der Waals surface area contributed by atoms with Crippen molar-refractivity contribution in [1.29, 1.82) is 0 Å². The van der Waals surface area contributed by atoms with Gasteiger partial charge in [0.2, 0.25) is 0 Å². The summed E-state index contributed by atoms with van der Waals surface area (Å²) in [7, 11) is 1.77. The van der Waals surface area contributed by atoms with Crippen LogP contribution >= 0.6 is 0 Å². The summed E-state index contributed by atoms with van der Waals surface area (Å²) < 4.78 is 6.90. The van der Waals surface area contributed by atoms with Crippen molar-refractivity contribution < 1.29 is 14.3 Å². The summed E-state index contributed by atoms with van der Waals surface area (Å²) in [6.45, 7) is 0. The lowest BCUT2D eigenvalue weighted by molar-refractivity contribution is 0.0448. The minimum atomic E-state index is -0.498. The van der Waals surface area contributed by atoms with Gasteiger partial charge in [-0.05, 0) is 25.0 Å². The van der Waals surface area contributed by atoms with E-state index in [-0.39, 0.29) is 11.9 Å². The molecule has 1 aromatic carbocycles. The molecule has 29 heavy (non-hydrogen) atoms. The molecule has 4 N–H and O–H groups in total. The molecule has 0 saturated heterocycles. The fourth-order valence-corrected chi connectivity index (χ4v) is 3.39. The van der Waals surface area contributed by atoms with Crippen LogP contribution in [-0.4, -0.2) is 49.8 Å². The second-order valence-electron chi connectivity index (χ2n) is 6.92. The second kappa shape index (κ2) is 6.74. The smallest absolute Gasteiger partial charge is 0.257 e. The summed E-state index contributed by atoms with van der Waals surface area (Å²) in [6, 6.07) is 7.12. The molecule has 1 saturated carbocycles. The van der Waals surface area contributed by atoms with E-state index in [9.17, 15) is 9.90 Å². The van der Waals surface area contributed by atoms with Crippen LogP contribution in [0.25, 0.3) is 16.7 Å². The number of benzene rings is 1. The van der Waals surface area contributed by atoms with Crippen molar-refractivity contribution in [3.05, 3.63) is 42.4 Å². The largest absolute Gasteiger partial charge is 0.443 e. The van der Waals surface area contributed by atoms with Crippen molar-refractivity contribution >= 4 is 40.0 Å². The fourth-order valence-electron chi connectivity index (χ4n) is 3.39. The summed E-state index contributed by atoms with van der Waals surface area (Å²) >= 11 is 0. The molecule has 0 aliphatic heterocycles. The molecule has 1 aliphatic carbocycles. The van der Waals surface area contributed by atoms with Crippen LogP contribution in [0.3, 0.4) is 0 Å². The number of fused-ring (bicyclic) bond motifs is 2. The quantitative estimate of drug-likeness (QED) is 0.405. The molecule has 1 amide bonds. The summed E-state index contributed by atoms with van der Waals surface area (Å²) in [5.74, 6) is 0.872. The van der Waals surface area contributed by atoms with Crippen LogP contribution < -0.4 is 16.0 Å². The first-order valence-electron chi connectivity index (χ1n) is 9.29. The van der Waals surface area contributed by atoms with Gasteiger partial charge in [-0.1, -0.05) is 6.07 Å². The van der Waals surface area contributed by atoms with E-state index in [0.717, 1.165) is 12.1 Å². The first kappa shape index (κ1) is 17.4. The zero-order valence-corrected chi connectivity index (χ0v) is 15.6. The Kier molecular flexibility index (Phi) is 4.06. The molecule has 3 aromatic heterocycles. The van der Waals surface area contributed by atoms with Crippen LogP contribution in [-0.2, 0) is 0 Å². The average molecular weight is 393 g/mol. The molecular weight excluding hydrogens is 374 g/mol. The van der Waals surface area contributed by atoms with Crippen LogP contribution in [0.4, 0.5) is 17.3 Å².